The molecule has 0 fully saturated rings. The van der Waals surface area contributed by atoms with Gasteiger partial charge in [-0.05, 0) is 12.1 Å². The first-order valence-corrected chi connectivity index (χ1v) is 5.65. The Morgan fingerprint density at radius 3 is 3.12 bits per heavy atom. The summed E-state index contributed by atoms with van der Waals surface area (Å²) in [6.45, 7) is 0. The van der Waals surface area contributed by atoms with Crippen molar-refractivity contribution in [3.63, 3.8) is 0 Å². The average molecular weight is 236 g/mol. The van der Waals surface area contributed by atoms with Gasteiger partial charge in [0.2, 0.25) is 0 Å². The zero-order valence-corrected chi connectivity index (χ0v) is 9.95. The highest BCUT2D eigenvalue weighted by atomic mass is 32.1. The first-order chi connectivity index (χ1) is 7.70. The lowest BCUT2D eigenvalue weighted by molar-refractivity contribution is -0.167. The number of fused-ring (bicyclic) bond motifs is 1. The molecule has 0 aliphatic heterocycles. The molecule has 2 heterocycles. The summed E-state index contributed by atoms with van der Waals surface area (Å²) in [6, 6.07) is 3.95. The molecule has 0 aliphatic carbocycles. The molecule has 1 amide bonds. The smallest absolute Gasteiger partial charge is 0.251 e. The molecule has 0 N–H and O–H groups in total. The minimum absolute atomic E-state index is 0.0537. The lowest BCUT2D eigenvalue weighted by Gasteiger charge is -2.12. The van der Waals surface area contributed by atoms with Crippen LogP contribution in [0.1, 0.15) is 4.88 Å². The summed E-state index contributed by atoms with van der Waals surface area (Å²) in [6.07, 6.45) is 3.93. The van der Waals surface area contributed by atoms with E-state index in [-0.39, 0.29) is 5.91 Å². The fourth-order valence-electron chi connectivity index (χ4n) is 1.39. The predicted molar refractivity (Wildman–Crippen MR) is 63.1 cm³/mol. The predicted octanol–water partition coefficient (Wildman–Crippen LogP) is 1.86. The SMILES string of the molecule is CON(C)C(=O)Cc1cc2cnccc2s1. The van der Waals surface area contributed by atoms with E-state index in [2.05, 4.69) is 4.98 Å². The third-order valence-corrected chi connectivity index (χ3v) is 3.43. The lowest BCUT2D eigenvalue weighted by Crippen LogP contribution is -2.26. The van der Waals surface area contributed by atoms with Crippen molar-refractivity contribution in [2.24, 2.45) is 0 Å². The zero-order valence-electron chi connectivity index (χ0n) is 9.14. The molecule has 0 unspecified atom stereocenters. The van der Waals surface area contributed by atoms with Crippen LogP contribution in [0.15, 0.2) is 24.5 Å². The van der Waals surface area contributed by atoms with Crippen LogP contribution in [-0.4, -0.2) is 30.1 Å². The Bertz CT molecular complexity index is 476. The van der Waals surface area contributed by atoms with E-state index in [1.165, 1.54) is 12.2 Å². The minimum Gasteiger partial charge on any atom is -0.275 e. The summed E-state index contributed by atoms with van der Waals surface area (Å²) in [5.74, 6) is -0.0537. The van der Waals surface area contributed by atoms with E-state index in [9.17, 15) is 4.79 Å². The molecule has 16 heavy (non-hydrogen) atoms. The van der Waals surface area contributed by atoms with Crippen LogP contribution in [0.4, 0.5) is 0 Å². The number of pyridine rings is 1. The van der Waals surface area contributed by atoms with Crippen molar-refractivity contribution in [2.75, 3.05) is 14.2 Å². The van der Waals surface area contributed by atoms with Gasteiger partial charge in [-0.1, -0.05) is 0 Å². The third-order valence-electron chi connectivity index (χ3n) is 2.32. The molecule has 0 saturated carbocycles. The number of thiophene rings is 1. The van der Waals surface area contributed by atoms with Gasteiger partial charge in [0.25, 0.3) is 5.91 Å². The largest absolute Gasteiger partial charge is 0.275 e. The summed E-state index contributed by atoms with van der Waals surface area (Å²) in [5, 5.41) is 2.32. The van der Waals surface area contributed by atoms with E-state index in [4.69, 9.17) is 4.84 Å². The fraction of sp³-hybridized carbons (Fsp3) is 0.273. The highest BCUT2D eigenvalue weighted by Crippen LogP contribution is 2.24. The molecule has 0 saturated heterocycles. The zero-order chi connectivity index (χ0) is 11.5. The molecule has 0 bridgehead atoms. The van der Waals surface area contributed by atoms with Crippen molar-refractivity contribution in [3.8, 4) is 0 Å². The lowest BCUT2D eigenvalue weighted by atomic mass is 10.3. The molecule has 84 valence electrons. The summed E-state index contributed by atoms with van der Waals surface area (Å²) in [5.41, 5.74) is 0. The Balaban J connectivity index is 2.18. The maximum Gasteiger partial charge on any atom is 0.251 e. The minimum atomic E-state index is -0.0537. The Morgan fingerprint density at radius 1 is 1.62 bits per heavy atom. The Hall–Kier alpha value is -1.46. The molecule has 2 aromatic rings. The Kier molecular flexibility index (Phi) is 3.17. The van der Waals surface area contributed by atoms with E-state index in [0.29, 0.717) is 6.42 Å². The molecule has 0 aromatic carbocycles. The van der Waals surface area contributed by atoms with Gasteiger partial charge in [-0.25, -0.2) is 5.06 Å². The van der Waals surface area contributed by atoms with E-state index >= 15 is 0 Å². The van der Waals surface area contributed by atoms with Gasteiger partial charge in [0.05, 0.1) is 13.5 Å². The molecule has 5 heteroatoms. The first-order valence-electron chi connectivity index (χ1n) is 4.84. The summed E-state index contributed by atoms with van der Waals surface area (Å²) >= 11 is 1.61. The van der Waals surface area contributed by atoms with Gasteiger partial charge in [0.1, 0.15) is 0 Å². The second-order valence-corrected chi connectivity index (χ2v) is 4.55. The quantitative estimate of drug-likeness (QED) is 0.764. The second-order valence-electron chi connectivity index (χ2n) is 3.38. The topological polar surface area (TPSA) is 42.4 Å². The Labute approximate surface area is 97.4 Å². The van der Waals surface area contributed by atoms with Crippen molar-refractivity contribution < 1.29 is 9.63 Å². The molecule has 0 atom stereocenters. The van der Waals surface area contributed by atoms with E-state index in [1.54, 1.807) is 30.8 Å². The first kappa shape index (κ1) is 11.0. The number of nitrogens with zero attached hydrogens (tertiary/aromatic N) is 2. The van der Waals surface area contributed by atoms with Crippen LogP contribution < -0.4 is 0 Å². The highest BCUT2D eigenvalue weighted by molar-refractivity contribution is 7.19. The van der Waals surface area contributed by atoms with Crippen molar-refractivity contribution in [1.82, 2.24) is 10.0 Å². The maximum absolute atomic E-state index is 11.6. The number of hydrogen-bond donors (Lipinski definition) is 0. The van der Waals surface area contributed by atoms with Crippen LogP contribution in [0.2, 0.25) is 0 Å². The van der Waals surface area contributed by atoms with Crippen molar-refractivity contribution in [2.45, 2.75) is 6.42 Å². The van der Waals surface area contributed by atoms with Gasteiger partial charge in [0.15, 0.2) is 0 Å². The van der Waals surface area contributed by atoms with Gasteiger partial charge >= 0.3 is 0 Å². The van der Waals surface area contributed by atoms with E-state index in [1.807, 2.05) is 12.1 Å². The maximum atomic E-state index is 11.6. The van der Waals surface area contributed by atoms with Gasteiger partial charge in [0, 0.05) is 34.4 Å². The third kappa shape index (κ3) is 2.20. The number of likely N-dealkylation sites (N-methyl/N-ethyl adjacent to an activating group) is 1. The van der Waals surface area contributed by atoms with E-state index < -0.39 is 0 Å². The number of hydroxylamine groups is 2. The normalized spacial score (nSPS) is 10.6. The molecular formula is C11H12N2O2S. The van der Waals surface area contributed by atoms with Crippen LogP contribution in [0.5, 0.6) is 0 Å². The van der Waals surface area contributed by atoms with Crippen LogP contribution in [-0.2, 0) is 16.1 Å². The number of carbonyl (C=O) groups is 1. The standard InChI is InChI=1S/C11H12N2O2S/c1-13(15-2)11(14)6-9-5-8-7-12-4-3-10(8)16-9/h3-5,7H,6H2,1-2H3. The van der Waals surface area contributed by atoms with Crippen molar-refractivity contribution >= 4 is 27.3 Å². The summed E-state index contributed by atoms with van der Waals surface area (Å²) in [7, 11) is 3.09. The average Bonchev–Trinajstić information content (AvgIpc) is 2.69. The summed E-state index contributed by atoms with van der Waals surface area (Å²) in [4.78, 5) is 21.5. The van der Waals surface area contributed by atoms with E-state index in [0.717, 1.165) is 15.0 Å². The number of amides is 1. The van der Waals surface area contributed by atoms with Gasteiger partial charge in [-0.15, -0.1) is 11.3 Å². The highest BCUT2D eigenvalue weighted by Gasteiger charge is 2.11. The van der Waals surface area contributed by atoms with Crippen molar-refractivity contribution in [3.05, 3.63) is 29.4 Å². The van der Waals surface area contributed by atoms with Crippen molar-refractivity contribution in [1.29, 1.82) is 0 Å². The number of carbonyl (C=O) groups excluding carboxylic acids is 1. The summed E-state index contributed by atoms with van der Waals surface area (Å²) < 4.78 is 1.15. The number of aromatic nitrogens is 1. The molecule has 0 radical (unpaired) electrons. The monoisotopic (exact) mass is 236 g/mol. The molecule has 4 nitrogen and oxygen atoms in total. The van der Waals surface area contributed by atoms with Gasteiger partial charge in [-0.2, -0.15) is 0 Å². The molecule has 0 aliphatic rings. The van der Waals surface area contributed by atoms with Crippen LogP contribution >= 0.6 is 11.3 Å². The molecule has 2 aromatic heterocycles. The van der Waals surface area contributed by atoms with Gasteiger partial charge in [-0.3, -0.25) is 14.6 Å². The Morgan fingerprint density at radius 2 is 2.44 bits per heavy atom. The van der Waals surface area contributed by atoms with Crippen LogP contribution in [0.3, 0.4) is 0 Å². The fourth-order valence-corrected chi connectivity index (χ4v) is 2.41. The van der Waals surface area contributed by atoms with Crippen LogP contribution in [0.25, 0.3) is 10.1 Å². The second kappa shape index (κ2) is 4.59. The van der Waals surface area contributed by atoms with Gasteiger partial charge < -0.3 is 0 Å². The van der Waals surface area contributed by atoms with Crippen LogP contribution in [0, 0.1) is 0 Å². The molecule has 2 rings (SSSR count). The molecule has 0 spiro atoms. The number of hydrogen-bond acceptors (Lipinski definition) is 4. The molecular weight excluding hydrogens is 224 g/mol. The number of rotatable bonds is 3.